The van der Waals surface area contributed by atoms with Crippen molar-refractivity contribution in [2.45, 2.75) is 32.0 Å². The number of para-hydroxylation sites is 1. The topological polar surface area (TPSA) is 73.0 Å². The van der Waals surface area contributed by atoms with Crippen LogP contribution in [0.1, 0.15) is 44.7 Å². The minimum absolute atomic E-state index is 0.0442. The van der Waals surface area contributed by atoms with Gasteiger partial charge in [0, 0.05) is 31.7 Å². The lowest BCUT2D eigenvalue weighted by molar-refractivity contribution is -0.122. The van der Waals surface area contributed by atoms with Crippen LogP contribution in [-0.2, 0) is 17.9 Å². The Morgan fingerprint density at radius 1 is 0.946 bits per heavy atom. The van der Waals surface area contributed by atoms with Gasteiger partial charge in [-0.05, 0) is 55.3 Å². The molecule has 7 nitrogen and oxygen atoms in total. The number of fused-ring (bicyclic) bond motifs is 2. The fraction of sp³-hybridized carbons (Fsp3) is 0.300. The Hall–Kier alpha value is -3.97. The summed E-state index contributed by atoms with van der Waals surface area (Å²) in [5.74, 6) is -0.240. The number of amides is 3. The first-order valence-corrected chi connectivity index (χ1v) is 12.8. The summed E-state index contributed by atoms with van der Waals surface area (Å²) >= 11 is 0. The number of anilines is 1. The molecule has 3 amide bonds. The van der Waals surface area contributed by atoms with Gasteiger partial charge in [0.15, 0.2) is 0 Å². The van der Waals surface area contributed by atoms with E-state index in [4.69, 9.17) is 0 Å². The van der Waals surface area contributed by atoms with Crippen molar-refractivity contribution in [1.29, 1.82) is 0 Å². The predicted octanol–water partition coefficient (Wildman–Crippen LogP) is 3.70. The van der Waals surface area contributed by atoms with Crippen LogP contribution in [0.15, 0.2) is 78.9 Å². The normalized spacial score (nSPS) is 17.0. The van der Waals surface area contributed by atoms with Gasteiger partial charge >= 0.3 is 0 Å². The Balaban J connectivity index is 1.21. The van der Waals surface area contributed by atoms with Gasteiger partial charge < -0.3 is 20.0 Å². The van der Waals surface area contributed by atoms with Gasteiger partial charge in [0.1, 0.15) is 6.04 Å². The van der Waals surface area contributed by atoms with E-state index in [9.17, 15) is 14.4 Å². The van der Waals surface area contributed by atoms with Gasteiger partial charge in [-0.1, -0.05) is 54.6 Å². The summed E-state index contributed by atoms with van der Waals surface area (Å²) in [7, 11) is 2.04. The van der Waals surface area contributed by atoms with E-state index in [0.29, 0.717) is 42.9 Å². The van der Waals surface area contributed by atoms with Crippen LogP contribution >= 0.6 is 0 Å². The third-order valence-electron chi connectivity index (χ3n) is 7.12. The van der Waals surface area contributed by atoms with Gasteiger partial charge in [0.2, 0.25) is 5.91 Å². The lowest BCUT2D eigenvalue weighted by atomic mass is 10.1. The van der Waals surface area contributed by atoms with Gasteiger partial charge in [-0.2, -0.15) is 0 Å². The van der Waals surface area contributed by atoms with E-state index in [1.807, 2.05) is 55.6 Å². The Kier molecular flexibility index (Phi) is 7.32. The van der Waals surface area contributed by atoms with E-state index in [-0.39, 0.29) is 17.7 Å². The third kappa shape index (κ3) is 5.42. The van der Waals surface area contributed by atoms with Gasteiger partial charge in [0.05, 0.1) is 17.8 Å². The first-order valence-electron chi connectivity index (χ1n) is 12.8. The van der Waals surface area contributed by atoms with Crippen molar-refractivity contribution in [1.82, 2.24) is 15.1 Å². The highest BCUT2D eigenvalue weighted by Crippen LogP contribution is 2.33. The zero-order valence-corrected chi connectivity index (χ0v) is 21.1. The highest BCUT2D eigenvalue weighted by atomic mass is 16.2. The van der Waals surface area contributed by atoms with E-state index >= 15 is 0 Å². The molecule has 3 aromatic carbocycles. The number of carbonyl (C=O) groups excluding carboxylic acids is 3. The van der Waals surface area contributed by atoms with E-state index < -0.39 is 6.04 Å². The van der Waals surface area contributed by atoms with Crippen molar-refractivity contribution in [2.75, 3.05) is 31.6 Å². The van der Waals surface area contributed by atoms with Crippen LogP contribution in [0.4, 0.5) is 5.69 Å². The minimum atomic E-state index is -0.412. The molecule has 2 heterocycles. The summed E-state index contributed by atoms with van der Waals surface area (Å²) in [5, 5.41) is 2.99. The van der Waals surface area contributed by atoms with E-state index in [0.717, 1.165) is 25.1 Å². The van der Waals surface area contributed by atoms with Crippen molar-refractivity contribution >= 4 is 23.4 Å². The Labute approximate surface area is 217 Å². The minimum Gasteiger partial charge on any atom is -0.351 e. The van der Waals surface area contributed by atoms with Crippen LogP contribution in [0.5, 0.6) is 0 Å². The molecule has 0 aromatic heterocycles. The Bertz CT molecular complexity index is 1280. The number of carbonyl (C=O) groups is 3. The van der Waals surface area contributed by atoms with E-state index in [1.165, 1.54) is 5.56 Å². The zero-order valence-electron chi connectivity index (χ0n) is 21.1. The second kappa shape index (κ2) is 11.0. The van der Waals surface area contributed by atoms with Crippen LogP contribution in [0.3, 0.4) is 0 Å². The molecule has 0 aliphatic carbocycles. The molecular weight excluding hydrogens is 464 g/mol. The van der Waals surface area contributed by atoms with Gasteiger partial charge in [-0.15, -0.1) is 0 Å². The summed E-state index contributed by atoms with van der Waals surface area (Å²) in [6.07, 6.45) is 1.53. The summed E-state index contributed by atoms with van der Waals surface area (Å²) in [6.45, 7) is 3.08. The molecule has 3 aromatic rings. The average molecular weight is 497 g/mol. The molecule has 2 aliphatic heterocycles. The number of nitrogens with zero attached hydrogens (tertiary/aromatic N) is 3. The molecule has 190 valence electrons. The second-order valence-electron chi connectivity index (χ2n) is 9.77. The third-order valence-corrected chi connectivity index (χ3v) is 7.12. The molecule has 37 heavy (non-hydrogen) atoms. The van der Waals surface area contributed by atoms with Crippen molar-refractivity contribution in [3.8, 4) is 0 Å². The molecular formula is C30H32N4O3. The standard InChI is InChI=1S/C30H32N4O3/c1-32(20-22-8-3-2-4-9-22)19-17-31-28(35)24-15-13-23(14-16-24)21-34-26-11-6-5-10-25(26)29(36)33-18-7-12-27(33)30(34)37/h2-6,8-11,13-16,27H,7,12,17-21H2,1H3,(H,31,35). The summed E-state index contributed by atoms with van der Waals surface area (Å²) < 4.78 is 0. The number of hydrogen-bond donors (Lipinski definition) is 1. The summed E-state index contributed by atoms with van der Waals surface area (Å²) in [6, 6.07) is 24.5. The molecule has 0 saturated carbocycles. The van der Waals surface area contributed by atoms with E-state index in [1.54, 1.807) is 28.0 Å². The Morgan fingerprint density at radius 2 is 1.68 bits per heavy atom. The van der Waals surface area contributed by atoms with Crippen LogP contribution < -0.4 is 10.2 Å². The number of nitrogens with one attached hydrogen (secondary N) is 1. The average Bonchev–Trinajstić information content (AvgIpc) is 3.39. The maximum absolute atomic E-state index is 13.5. The first-order chi connectivity index (χ1) is 18.0. The monoisotopic (exact) mass is 496 g/mol. The lowest BCUT2D eigenvalue weighted by Gasteiger charge is -2.26. The predicted molar refractivity (Wildman–Crippen MR) is 143 cm³/mol. The molecule has 0 radical (unpaired) electrons. The highest BCUT2D eigenvalue weighted by molar-refractivity contribution is 6.11. The maximum Gasteiger partial charge on any atom is 0.256 e. The molecule has 0 bridgehead atoms. The van der Waals surface area contributed by atoms with Crippen LogP contribution in [0.25, 0.3) is 0 Å². The van der Waals surface area contributed by atoms with Crippen LogP contribution in [0.2, 0.25) is 0 Å². The van der Waals surface area contributed by atoms with Crippen molar-refractivity contribution in [3.05, 3.63) is 101 Å². The Morgan fingerprint density at radius 3 is 2.46 bits per heavy atom. The molecule has 2 aliphatic rings. The molecule has 1 atom stereocenters. The lowest BCUT2D eigenvalue weighted by Crippen LogP contribution is -2.44. The molecule has 5 rings (SSSR count). The summed E-state index contributed by atoms with van der Waals surface area (Å²) in [5.41, 5.74) is 3.93. The molecule has 1 fully saturated rings. The molecule has 1 N–H and O–H groups in total. The number of likely N-dealkylation sites (N-methyl/N-ethyl adjacent to an activating group) is 1. The SMILES string of the molecule is CN(CCNC(=O)c1ccc(CN2C(=O)C3CCCN3C(=O)c3ccccc32)cc1)Cc1ccccc1. The van der Waals surface area contributed by atoms with Crippen molar-refractivity contribution in [3.63, 3.8) is 0 Å². The van der Waals surface area contributed by atoms with Crippen LogP contribution in [-0.4, -0.2) is 60.2 Å². The molecule has 7 heteroatoms. The summed E-state index contributed by atoms with van der Waals surface area (Å²) in [4.78, 5) is 44.8. The van der Waals surface area contributed by atoms with Crippen LogP contribution in [0, 0.1) is 0 Å². The van der Waals surface area contributed by atoms with Crippen molar-refractivity contribution < 1.29 is 14.4 Å². The van der Waals surface area contributed by atoms with Gasteiger partial charge in [0.25, 0.3) is 11.8 Å². The fourth-order valence-electron chi connectivity index (χ4n) is 5.15. The van der Waals surface area contributed by atoms with E-state index in [2.05, 4.69) is 22.3 Å². The molecule has 1 saturated heterocycles. The molecule has 0 spiro atoms. The number of benzene rings is 3. The zero-order chi connectivity index (χ0) is 25.8. The smallest absolute Gasteiger partial charge is 0.256 e. The highest BCUT2D eigenvalue weighted by Gasteiger charge is 2.41. The number of rotatable bonds is 8. The largest absolute Gasteiger partial charge is 0.351 e. The first kappa shape index (κ1) is 24.7. The number of hydrogen-bond acceptors (Lipinski definition) is 4. The fourth-order valence-corrected chi connectivity index (χ4v) is 5.15. The maximum atomic E-state index is 13.5. The quantitative estimate of drug-likeness (QED) is 0.516. The molecule has 1 unspecified atom stereocenters. The van der Waals surface area contributed by atoms with Gasteiger partial charge in [-0.3, -0.25) is 14.4 Å². The second-order valence-corrected chi connectivity index (χ2v) is 9.77. The van der Waals surface area contributed by atoms with Crippen molar-refractivity contribution in [2.24, 2.45) is 0 Å². The van der Waals surface area contributed by atoms with Gasteiger partial charge in [-0.25, -0.2) is 0 Å².